The number of nitrogens with one attached hydrogen (secondary N) is 1. The van der Waals surface area contributed by atoms with Crippen molar-refractivity contribution in [2.24, 2.45) is 29.4 Å². The van der Waals surface area contributed by atoms with Crippen LogP contribution in [-0.2, 0) is 37.0 Å². The largest absolute Gasteiger partial charge is 0.507 e. The fourth-order valence-corrected chi connectivity index (χ4v) is 6.67. The molecule has 1 amide bonds. The van der Waals surface area contributed by atoms with Gasteiger partial charge in [-0.15, -0.1) is 0 Å². The maximum absolute atomic E-state index is 13.9. The van der Waals surface area contributed by atoms with Crippen molar-refractivity contribution in [3.05, 3.63) is 40.7 Å². The topological polar surface area (TPSA) is 180 Å². The van der Waals surface area contributed by atoms with Gasteiger partial charge in [0, 0.05) is 25.7 Å². The fraction of sp³-hybridized carbons (Fsp3) is 0.536. The highest BCUT2D eigenvalue weighted by Crippen LogP contribution is 2.51. The summed E-state index contributed by atoms with van der Waals surface area (Å²) in [5.41, 5.74) is 7.48. The predicted molar refractivity (Wildman–Crippen MR) is 141 cm³/mol. The van der Waals surface area contributed by atoms with Gasteiger partial charge in [0.15, 0.2) is 34.7 Å². The van der Waals surface area contributed by atoms with E-state index < -0.39 is 64.4 Å². The van der Waals surface area contributed by atoms with E-state index in [1.807, 2.05) is 32.0 Å². The van der Waals surface area contributed by atoms with Crippen molar-refractivity contribution >= 4 is 29.0 Å². The van der Waals surface area contributed by atoms with E-state index in [0.29, 0.717) is 18.7 Å². The molecule has 0 saturated heterocycles. The molecule has 3 aliphatic carbocycles. The van der Waals surface area contributed by atoms with Gasteiger partial charge in [0.05, 0.1) is 29.8 Å². The number of carbonyl (C=O) groups excluding carboxylic acids is 5. The number of likely N-dealkylation sites (N-methyl/N-ethyl adjacent to an activating group) is 1. The van der Waals surface area contributed by atoms with Gasteiger partial charge < -0.3 is 20.8 Å². The van der Waals surface area contributed by atoms with Gasteiger partial charge in [-0.1, -0.05) is 6.07 Å². The Morgan fingerprint density at radius 1 is 1.20 bits per heavy atom. The first-order chi connectivity index (χ1) is 18.7. The molecule has 0 aromatic heterocycles. The third-order valence-electron chi connectivity index (χ3n) is 8.25. The molecule has 12 nitrogen and oxygen atoms in total. The molecule has 5 N–H and O–H groups in total. The molecule has 0 radical (unpaired) electrons. The summed E-state index contributed by atoms with van der Waals surface area (Å²) in [6.45, 7) is 4.54. The lowest BCUT2D eigenvalue weighted by atomic mass is 9.52. The van der Waals surface area contributed by atoms with E-state index in [9.17, 15) is 34.2 Å². The lowest BCUT2D eigenvalue weighted by Crippen LogP contribution is -2.74. The summed E-state index contributed by atoms with van der Waals surface area (Å²) in [6, 6.07) is 1.96. The van der Waals surface area contributed by atoms with Gasteiger partial charge in [0.2, 0.25) is 5.91 Å². The fourth-order valence-electron chi connectivity index (χ4n) is 6.67. The van der Waals surface area contributed by atoms with Crippen molar-refractivity contribution in [2.45, 2.75) is 44.9 Å². The molecule has 4 rings (SSSR count). The maximum atomic E-state index is 13.9. The number of Topliss-reactive ketones (excluding diaryl/α,β-unsaturated/α-hetero) is 4. The Labute approximate surface area is 232 Å². The van der Waals surface area contributed by atoms with E-state index >= 15 is 0 Å². The highest BCUT2D eigenvalue weighted by atomic mass is 16.6. The average molecular weight is 557 g/mol. The van der Waals surface area contributed by atoms with Gasteiger partial charge >= 0.3 is 0 Å². The van der Waals surface area contributed by atoms with Gasteiger partial charge in [0.1, 0.15) is 5.75 Å². The van der Waals surface area contributed by atoms with Crippen molar-refractivity contribution in [3.63, 3.8) is 0 Å². The Hall–Kier alpha value is -3.61. The Bertz CT molecular complexity index is 1310. The minimum Gasteiger partial charge on any atom is -0.507 e. The molecule has 2 unspecified atom stereocenters. The summed E-state index contributed by atoms with van der Waals surface area (Å²) in [5, 5.41) is 22.3. The van der Waals surface area contributed by atoms with E-state index in [4.69, 9.17) is 10.6 Å². The van der Waals surface area contributed by atoms with Gasteiger partial charge in [0.25, 0.3) is 0 Å². The summed E-state index contributed by atoms with van der Waals surface area (Å²) in [4.78, 5) is 74.9. The molecule has 0 spiro atoms. The van der Waals surface area contributed by atoms with Crippen molar-refractivity contribution < 1.29 is 39.0 Å². The number of primary amides is 1. The van der Waals surface area contributed by atoms with E-state index in [1.54, 1.807) is 20.2 Å². The number of phenolic OH excluding ortho intramolecular Hbond substituents is 1. The van der Waals surface area contributed by atoms with Gasteiger partial charge in [-0.2, -0.15) is 0 Å². The summed E-state index contributed by atoms with van der Waals surface area (Å²) in [7, 11) is 4.94. The number of rotatable bonds is 8. The molecule has 0 aliphatic heterocycles. The summed E-state index contributed by atoms with van der Waals surface area (Å²) < 4.78 is 0. The Balaban J connectivity index is 1.75. The molecule has 40 heavy (non-hydrogen) atoms. The molecule has 1 aromatic rings. The molecule has 12 heteroatoms. The highest BCUT2D eigenvalue weighted by Gasteiger charge is 2.69. The smallest absolute Gasteiger partial charge is 0.235 e. The number of aromatic hydroxyl groups is 1. The van der Waals surface area contributed by atoms with Crippen LogP contribution in [0.2, 0.25) is 0 Å². The standard InChI is InChI=1S/C28H36N4O8/c1-6-40-30-13(2)11-32(5)12-14-7-8-18(33)20-16(14)9-15-10-17-22(31(3)4)24(35)21(27(29)38)26(37)28(17,39)25(36)19(15)23(20)34/h7-8,11,15,17,19,21-22,30,33,39H,6,9-10,12H2,1-5H3,(H2,29,38)/t15-,17-,19?,21?,22-,28-/m0/s1. The number of amides is 1. The normalized spacial score (nSPS) is 30.1. The zero-order valence-electron chi connectivity index (χ0n) is 23.3. The first-order valence-electron chi connectivity index (χ1n) is 13.2. The van der Waals surface area contributed by atoms with E-state index in [1.165, 1.54) is 11.0 Å². The van der Waals surface area contributed by atoms with Gasteiger partial charge in [-0.25, -0.2) is 0 Å². The summed E-state index contributed by atoms with van der Waals surface area (Å²) in [5.74, 6) is -10.6. The van der Waals surface area contributed by atoms with E-state index in [-0.39, 0.29) is 24.2 Å². The zero-order valence-corrected chi connectivity index (χ0v) is 23.3. The molecule has 0 heterocycles. The first kappa shape index (κ1) is 29.4. The van der Waals surface area contributed by atoms with Crippen molar-refractivity contribution in [1.29, 1.82) is 0 Å². The molecule has 216 valence electrons. The lowest BCUT2D eigenvalue weighted by molar-refractivity contribution is -0.181. The van der Waals surface area contributed by atoms with Crippen molar-refractivity contribution in [1.82, 2.24) is 15.3 Å². The van der Waals surface area contributed by atoms with E-state index in [2.05, 4.69) is 5.48 Å². The average Bonchev–Trinajstić information content (AvgIpc) is 2.86. The van der Waals surface area contributed by atoms with Crippen LogP contribution in [0.25, 0.3) is 0 Å². The second-order valence-electron chi connectivity index (χ2n) is 11.1. The van der Waals surface area contributed by atoms with E-state index in [0.717, 1.165) is 11.3 Å². The second kappa shape index (κ2) is 10.8. The molecule has 6 atom stereocenters. The van der Waals surface area contributed by atoms with Crippen LogP contribution in [0.1, 0.15) is 41.8 Å². The predicted octanol–water partition coefficient (Wildman–Crippen LogP) is -0.299. The Kier molecular flexibility index (Phi) is 7.90. The third-order valence-corrected chi connectivity index (χ3v) is 8.25. The Morgan fingerprint density at radius 3 is 2.48 bits per heavy atom. The van der Waals surface area contributed by atoms with Crippen LogP contribution in [0.4, 0.5) is 0 Å². The van der Waals surface area contributed by atoms with Gasteiger partial charge in [-0.05, 0) is 63.9 Å². The van der Waals surface area contributed by atoms with Crippen LogP contribution in [0.3, 0.4) is 0 Å². The lowest BCUT2D eigenvalue weighted by Gasteiger charge is -2.52. The number of nitrogens with zero attached hydrogens (tertiary/aromatic N) is 2. The molecule has 0 bridgehead atoms. The van der Waals surface area contributed by atoms with Crippen LogP contribution in [0, 0.1) is 23.7 Å². The number of aliphatic hydroxyl groups is 1. The highest BCUT2D eigenvalue weighted by molar-refractivity contribution is 6.32. The third kappa shape index (κ3) is 4.59. The number of hydrogen-bond acceptors (Lipinski definition) is 11. The number of fused-ring (bicyclic) bond motifs is 3. The number of ketones is 4. The molecular formula is C28H36N4O8. The molecule has 3 aliphatic rings. The van der Waals surface area contributed by atoms with Gasteiger partial charge in [-0.3, -0.25) is 39.2 Å². The van der Waals surface area contributed by atoms with Crippen LogP contribution >= 0.6 is 0 Å². The second-order valence-corrected chi connectivity index (χ2v) is 11.1. The maximum Gasteiger partial charge on any atom is 0.235 e. The molecule has 2 saturated carbocycles. The molecule has 2 fully saturated rings. The van der Waals surface area contributed by atoms with Crippen molar-refractivity contribution in [3.8, 4) is 5.75 Å². The zero-order chi connectivity index (χ0) is 29.7. The van der Waals surface area contributed by atoms with Crippen LogP contribution in [0.15, 0.2) is 24.0 Å². The number of hydrogen-bond donors (Lipinski definition) is 4. The molecule has 1 aromatic carbocycles. The number of phenols is 1. The van der Waals surface area contributed by atoms with Crippen LogP contribution in [-0.4, -0.2) is 88.4 Å². The number of nitrogens with two attached hydrogens (primary N) is 1. The number of allylic oxidation sites excluding steroid dienone is 1. The first-order valence-corrected chi connectivity index (χ1v) is 13.2. The number of benzene rings is 1. The molecular weight excluding hydrogens is 520 g/mol. The monoisotopic (exact) mass is 556 g/mol. The summed E-state index contributed by atoms with van der Waals surface area (Å²) in [6.07, 6.45) is 2.04. The SMILES string of the molecule is CCONC(C)=CN(C)Cc1ccc(O)c2c1C[C@H]1C[C@H]3[C@H](N(C)C)C(=O)C(C(N)=O)C(=O)[C@@]3(O)C(=O)C1C2=O. The minimum atomic E-state index is -2.74. The Morgan fingerprint density at radius 2 is 1.88 bits per heavy atom. The number of hydroxylamine groups is 1. The van der Waals surface area contributed by atoms with Crippen molar-refractivity contribution in [2.75, 3.05) is 27.7 Å². The van der Waals surface area contributed by atoms with Crippen LogP contribution in [0.5, 0.6) is 5.75 Å². The summed E-state index contributed by atoms with van der Waals surface area (Å²) >= 11 is 0. The van der Waals surface area contributed by atoms with Crippen LogP contribution < -0.4 is 11.2 Å². The minimum absolute atomic E-state index is 0.00607. The number of carbonyl (C=O) groups is 5. The quantitative estimate of drug-likeness (QED) is 0.244.